The molecule has 0 bridgehead atoms. The van der Waals surface area contributed by atoms with E-state index in [4.69, 9.17) is 14.3 Å². The second-order valence-electron chi connectivity index (χ2n) is 6.45. The van der Waals surface area contributed by atoms with Crippen LogP contribution in [0.4, 0.5) is 0 Å². The van der Waals surface area contributed by atoms with Crippen molar-refractivity contribution in [2.24, 2.45) is 0 Å². The van der Waals surface area contributed by atoms with Gasteiger partial charge >= 0.3 is 0 Å². The molecule has 0 saturated heterocycles. The first-order valence-electron chi connectivity index (χ1n) is 9.01. The van der Waals surface area contributed by atoms with Crippen LogP contribution in [0.25, 0.3) is 0 Å². The van der Waals surface area contributed by atoms with E-state index in [9.17, 15) is 4.79 Å². The van der Waals surface area contributed by atoms with Gasteiger partial charge in [0.15, 0.2) is 0 Å². The van der Waals surface area contributed by atoms with Crippen LogP contribution in [0, 0.1) is 0 Å². The molecule has 0 heterocycles. The molecule has 5 heteroatoms. The van der Waals surface area contributed by atoms with Gasteiger partial charge in [0.2, 0.25) is 6.29 Å². The van der Waals surface area contributed by atoms with Crippen molar-refractivity contribution in [3.05, 3.63) is 97.1 Å². The summed E-state index contributed by atoms with van der Waals surface area (Å²) >= 11 is 0. The number of hydrogen-bond acceptors (Lipinski definition) is 4. The second-order valence-corrected chi connectivity index (χ2v) is 6.45. The van der Waals surface area contributed by atoms with Crippen LogP contribution in [-0.4, -0.2) is 36.5 Å². The van der Waals surface area contributed by atoms with Crippen molar-refractivity contribution in [3.8, 4) is 0 Å². The molecule has 2 aromatic carbocycles. The Balaban J connectivity index is 2.22. The van der Waals surface area contributed by atoms with Gasteiger partial charge < -0.3 is 9.47 Å². The first-order valence-corrected chi connectivity index (χ1v) is 9.01. The number of methoxy groups -OCH3 is 1. The molecule has 1 amide bonds. The number of ether oxygens (including phenoxy) is 2. The predicted molar refractivity (Wildman–Crippen MR) is 109 cm³/mol. The van der Waals surface area contributed by atoms with Crippen LogP contribution >= 0.6 is 0 Å². The van der Waals surface area contributed by atoms with Crippen molar-refractivity contribution in [2.45, 2.75) is 25.4 Å². The number of nitrogens with zero attached hydrogens (tertiary/aromatic N) is 1. The van der Waals surface area contributed by atoms with Crippen LogP contribution in [0.2, 0.25) is 0 Å². The van der Waals surface area contributed by atoms with Crippen LogP contribution in [-0.2, 0) is 20.9 Å². The minimum atomic E-state index is -0.929. The molecular formula is C23H27NO4. The first kappa shape index (κ1) is 21.6. The average Bonchev–Trinajstić information content (AvgIpc) is 2.75. The summed E-state index contributed by atoms with van der Waals surface area (Å²) in [6.07, 6.45) is 2.31. The van der Waals surface area contributed by atoms with Crippen LogP contribution in [0.5, 0.6) is 0 Å². The lowest BCUT2D eigenvalue weighted by Crippen LogP contribution is -2.52. The van der Waals surface area contributed by atoms with Gasteiger partial charge in [0.25, 0.3) is 5.91 Å². The number of hydrogen-bond donors (Lipinski definition) is 0. The molecule has 148 valence electrons. The van der Waals surface area contributed by atoms with E-state index in [1.807, 2.05) is 43.3 Å². The van der Waals surface area contributed by atoms with Gasteiger partial charge in [0.05, 0.1) is 13.2 Å². The summed E-state index contributed by atoms with van der Waals surface area (Å²) in [6, 6.07) is 18.7. The van der Waals surface area contributed by atoms with Gasteiger partial charge in [-0.05, 0) is 30.7 Å². The Morgan fingerprint density at radius 3 is 2.25 bits per heavy atom. The van der Waals surface area contributed by atoms with Crippen molar-refractivity contribution < 1.29 is 19.1 Å². The zero-order valence-corrected chi connectivity index (χ0v) is 16.4. The van der Waals surface area contributed by atoms with Crippen LogP contribution < -0.4 is 0 Å². The summed E-state index contributed by atoms with van der Waals surface area (Å²) in [4.78, 5) is 19.0. The van der Waals surface area contributed by atoms with Crippen molar-refractivity contribution in [2.75, 3.05) is 13.7 Å². The maximum absolute atomic E-state index is 13.2. The maximum atomic E-state index is 13.2. The highest BCUT2D eigenvalue weighted by atomic mass is 16.8. The number of benzene rings is 2. The normalized spacial score (nSPS) is 13.9. The molecule has 0 fully saturated rings. The van der Waals surface area contributed by atoms with Gasteiger partial charge in [0, 0.05) is 12.7 Å². The highest BCUT2D eigenvalue weighted by Crippen LogP contribution is 2.23. The summed E-state index contributed by atoms with van der Waals surface area (Å²) in [5, 5.41) is 1.25. The Bertz CT molecular complexity index is 763. The van der Waals surface area contributed by atoms with Crippen LogP contribution in [0.15, 0.2) is 86.0 Å². The van der Waals surface area contributed by atoms with E-state index in [1.54, 1.807) is 30.3 Å². The smallest absolute Gasteiger partial charge is 0.278 e. The lowest BCUT2D eigenvalue weighted by molar-refractivity contribution is -0.260. The number of carbonyl (C=O) groups is 1. The molecular weight excluding hydrogens is 354 g/mol. The Morgan fingerprint density at radius 2 is 1.71 bits per heavy atom. The van der Waals surface area contributed by atoms with E-state index in [0.717, 1.165) is 5.56 Å². The molecule has 28 heavy (non-hydrogen) atoms. The Kier molecular flexibility index (Phi) is 8.14. The van der Waals surface area contributed by atoms with Crippen molar-refractivity contribution in [1.82, 2.24) is 5.06 Å². The number of carbonyl (C=O) groups excluding carboxylic acids is 1. The largest absolute Gasteiger partial charge is 0.374 e. The third-order valence-corrected chi connectivity index (χ3v) is 4.25. The number of amides is 1. The minimum Gasteiger partial charge on any atom is -0.374 e. The number of hydroxylamine groups is 2. The Hall–Kier alpha value is -2.73. The summed E-state index contributed by atoms with van der Waals surface area (Å²) in [5.41, 5.74) is 0.593. The summed E-state index contributed by atoms with van der Waals surface area (Å²) < 4.78 is 11.1. The molecule has 0 aromatic heterocycles. The van der Waals surface area contributed by atoms with Crippen LogP contribution in [0.1, 0.15) is 22.8 Å². The molecule has 0 aliphatic heterocycles. The summed E-state index contributed by atoms with van der Waals surface area (Å²) in [7, 11) is 1.48. The first-order chi connectivity index (χ1) is 13.5. The van der Waals surface area contributed by atoms with E-state index in [2.05, 4.69) is 13.2 Å². The SMILES string of the molecule is C=CC(OC)ON(C(=O)c1ccccc1)C(C)(C=C)COCc1ccccc1. The molecule has 2 aromatic rings. The van der Waals surface area contributed by atoms with Gasteiger partial charge in [-0.25, -0.2) is 9.90 Å². The van der Waals surface area contributed by atoms with Crippen molar-refractivity contribution >= 4 is 5.91 Å². The molecule has 5 nitrogen and oxygen atoms in total. The monoisotopic (exact) mass is 381 g/mol. The van der Waals surface area contributed by atoms with Crippen molar-refractivity contribution in [3.63, 3.8) is 0 Å². The third kappa shape index (κ3) is 5.63. The second kappa shape index (κ2) is 10.6. The quantitative estimate of drug-likeness (QED) is 0.329. The lowest BCUT2D eigenvalue weighted by Gasteiger charge is -2.38. The Morgan fingerprint density at radius 1 is 1.11 bits per heavy atom. The fourth-order valence-electron chi connectivity index (χ4n) is 2.53. The minimum absolute atomic E-state index is 0.192. The topological polar surface area (TPSA) is 48.0 Å². The fraction of sp³-hybridized carbons (Fsp3) is 0.261. The standard InChI is InChI=1S/C23H27NO4/c1-5-21(26-4)28-24(22(25)20-15-11-8-12-16-20)23(3,6-2)18-27-17-19-13-9-7-10-14-19/h5-16,21H,1-2,17-18H2,3-4H3. The number of rotatable bonds is 11. The van der Waals surface area contributed by atoms with Gasteiger partial charge in [-0.15, -0.1) is 6.58 Å². The summed E-state index contributed by atoms with van der Waals surface area (Å²) in [5.74, 6) is -0.324. The van der Waals surface area contributed by atoms with E-state index >= 15 is 0 Å². The molecule has 2 atom stereocenters. The zero-order chi connectivity index (χ0) is 20.4. The molecule has 0 N–H and O–H groups in total. The van der Waals surface area contributed by atoms with Crippen molar-refractivity contribution in [1.29, 1.82) is 0 Å². The molecule has 0 radical (unpaired) electrons. The average molecular weight is 381 g/mol. The maximum Gasteiger partial charge on any atom is 0.278 e. The van der Waals surface area contributed by atoms with Gasteiger partial charge in [-0.2, -0.15) is 0 Å². The van der Waals surface area contributed by atoms with E-state index in [0.29, 0.717) is 12.2 Å². The summed E-state index contributed by atoms with van der Waals surface area (Å²) in [6.45, 7) is 10.00. The molecule has 2 unspecified atom stereocenters. The lowest BCUT2D eigenvalue weighted by atomic mass is 10.0. The Labute approximate surface area is 166 Å². The van der Waals surface area contributed by atoms with E-state index < -0.39 is 11.8 Å². The van der Waals surface area contributed by atoms with E-state index in [1.165, 1.54) is 18.2 Å². The highest BCUT2D eigenvalue weighted by Gasteiger charge is 2.36. The molecule has 2 rings (SSSR count). The van der Waals surface area contributed by atoms with Gasteiger partial charge in [-0.3, -0.25) is 4.79 Å². The van der Waals surface area contributed by atoms with Crippen LogP contribution in [0.3, 0.4) is 0 Å². The predicted octanol–water partition coefficient (Wildman–Crippen LogP) is 4.38. The molecule has 0 saturated carbocycles. The molecule has 0 spiro atoms. The fourth-order valence-corrected chi connectivity index (χ4v) is 2.53. The molecule has 0 aliphatic carbocycles. The molecule has 0 aliphatic rings. The zero-order valence-electron chi connectivity index (χ0n) is 16.4. The highest BCUT2D eigenvalue weighted by molar-refractivity contribution is 5.94. The third-order valence-electron chi connectivity index (χ3n) is 4.25. The van der Waals surface area contributed by atoms with Gasteiger partial charge in [0.1, 0.15) is 5.54 Å². The van der Waals surface area contributed by atoms with E-state index in [-0.39, 0.29) is 12.5 Å². The van der Waals surface area contributed by atoms with Gasteiger partial charge in [-0.1, -0.05) is 61.2 Å².